The van der Waals surface area contributed by atoms with E-state index in [1.807, 2.05) is 0 Å². The van der Waals surface area contributed by atoms with Crippen LogP contribution in [0.3, 0.4) is 0 Å². The van der Waals surface area contributed by atoms with E-state index in [1.165, 1.54) is 37.9 Å². The van der Waals surface area contributed by atoms with Crippen LogP contribution in [-0.2, 0) is 0 Å². The van der Waals surface area contributed by atoms with E-state index in [0.717, 1.165) is 25.6 Å². The van der Waals surface area contributed by atoms with Crippen LogP contribution in [0.15, 0.2) is 30.3 Å². The highest BCUT2D eigenvalue weighted by atomic mass is 32.1. The van der Waals surface area contributed by atoms with E-state index in [2.05, 4.69) is 40.1 Å². The second kappa shape index (κ2) is 6.86. The van der Waals surface area contributed by atoms with Crippen LogP contribution in [0.25, 0.3) is 0 Å². The molecule has 1 aromatic carbocycles. The summed E-state index contributed by atoms with van der Waals surface area (Å²) in [7, 11) is 0. The summed E-state index contributed by atoms with van der Waals surface area (Å²) in [5.41, 5.74) is 7.19. The van der Waals surface area contributed by atoms with Crippen LogP contribution < -0.4 is 5.73 Å². The van der Waals surface area contributed by atoms with Crippen LogP contribution in [-0.4, -0.2) is 47.0 Å². The maximum atomic E-state index is 5.85. The zero-order chi connectivity index (χ0) is 14.7. The molecule has 0 radical (unpaired) electrons. The topological polar surface area (TPSA) is 32.5 Å². The van der Waals surface area contributed by atoms with Gasteiger partial charge in [-0.05, 0) is 37.9 Å². The molecule has 2 aliphatic heterocycles. The minimum Gasteiger partial charge on any atom is -0.393 e. The van der Waals surface area contributed by atoms with E-state index in [1.54, 1.807) is 0 Å². The summed E-state index contributed by atoms with van der Waals surface area (Å²) < 4.78 is 0. The Morgan fingerprint density at radius 2 is 1.90 bits per heavy atom. The van der Waals surface area contributed by atoms with Crippen molar-refractivity contribution in [1.82, 2.24) is 9.80 Å². The first-order chi connectivity index (χ1) is 10.2. The van der Waals surface area contributed by atoms with Gasteiger partial charge in [0, 0.05) is 31.6 Å². The number of benzene rings is 1. The van der Waals surface area contributed by atoms with Gasteiger partial charge in [0.1, 0.15) is 0 Å². The van der Waals surface area contributed by atoms with Crippen molar-refractivity contribution in [3.05, 3.63) is 35.9 Å². The number of hydrogen-bond donors (Lipinski definition) is 1. The van der Waals surface area contributed by atoms with E-state index >= 15 is 0 Å². The van der Waals surface area contributed by atoms with Gasteiger partial charge in [0.25, 0.3) is 0 Å². The van der Waals surface area contributed by atoms with Gasteiger partial charge in [-0.2, -0.15) is 0 Å². The first-order valence-corrected chi connectivity index (χ1v) is 8.46. The molecule has 2 aliphatic rings. The Balaban J connectivity index is 1.70. The molecule has 0 saturated carbocycles. The number of nitrogens with two attached hydrogens (primary N) is 1. The minimum absolute atomic E-state index is 0.344. The van der Waals surface area contributed by atoms with Gasteiger partial charge in [-0.25, -0.2) is 0 Å². The zero-order valence-corrected chi connectivity index (χ0v) is 13.4. The molecule has 0 aromatic heterocycles. The molecule has 2 fully saturated rings. The lowest BCUT2D eigenvalue weighted by molar-refractivity contribution is 0.203. The van der Waals surface area contributed by atoms with Gasteiger partial charge in [-0.15, -0.1) is 0 Å². The lowest BCUT2D eigenvalue weighted by atomic mass is 10.0. The summed E-state index contributed by atoms with van der Waals surface area (Å²) in [6, 6.07) is 11.8. The Morgan fingerprint density at radius 1 is 1.19 bits per heavy atom. The van der Waals surface area contributed by atoms with Crippen molar-refractivity contribution in [3.8, 4) is 0 Å². The molecular formula is C17H25N3S. The number of rotatable bonds is 5. The van der Waals surface area contributed by atoms with Gasteiger partial charge in [0.15, 0.2) is 0 Å². The molecule has 114 valence electrons. The molecule has 1 aromatic rings. The Bertz CT molecular complexity index is 470. The summed E-state index contributed by atoms with van der Waals surface area (Å²) in [6.07, 6.45) is 4.80. The molecular weight excluding hydrogens is 278 g/mol. The molecule has 0 bridgehead atoms. The SMILES string of the molecule is NC(=S)CC(c1ccccc1)N1CCC(N2CCCC2)C1. The number of thiocarbonyl (C=S) groups is 1. The predicted molar refractivity (Wildman–Crippen MR) is 91.4 cm³/mol. The van der Waals surface area contributed by atoms with Gasteiger partial charge in [-0.1, -0.05) is 42.5 Å². The summed E-state index contributed by atoms with van der Waals surface area (Å²) >= 11 is 5.18. The smallest absolute Gasteiger partial charge is 0.0746 e. The Morgan fingerprint density at radius 3 is 2.57 bits per heavy atom. The molecule has 2 atom stereocenters. The van der Waals surface area contributed by atoms with Crippen molar-refractivity contribution in [2.75, 3.05) is 26.2 Å². The maximum Gasteiger partial charge on any atom is 0.0746 e. The lowest BCUT2D eigenvalue weighted by Gasteiger charge is -2.29. The van der Waals surface area contributed by atoms with Crippen molar-refractivity contribution in [2.45, 2.75) is 37.8 Å². The van der Waals surface area contributed by atoms with Crippen LogP contribution in [0.1, 0.15) is 37.3 Å². The quantitative estimate of drug-likeness (QED) is 0.848. The van der Waals surface area contributed by atoms with Crippen LogP contribution >= 0.6 is 12.2 Å². The fourth-order valence-corrected chi connectivity index (χ4v) is 3.94. The Kier molecular flexibility index (Phi) is 4.88. The molecule has 0 amide bonds. The molecule has 3 rings (SSSR count). The average Bonchev–Trinajstić information content (AvgIpc) is 3.16. The van der Waals surface area contributed by atoms with Crippen molar-refractivity contribution in [2.24, 2.45) is 5.73 Å². The largest absolute Gasteiger partial charge is 0.393 e. The summed E-state index contributed by atoms with van der Waals surface area (Å²) in [6.45, 7) is 4.87. The summed E-state index contributed by atoms with van der Waals surface area (Å²) in [5.74, 6) is 0. The zero-order valence-electron chi connectivity index (χ0n) is 12.6. The second-order valence-electron chi connectivity index (χ2n) is 6.28. The molecule has 0 aliphatic carbocycles. The fraction of sp³-hybridized carbons (Fsp3) is 0.588. The predicted octanol–water partition coefficient (Wildman–Crippen LogP) is 2.57. The van der Waals surface area contributed by atoms with Crippen molar-refractivity contribution in [1.29, 1.82) is 0 Å². The molecule has 4 heteroatoms. The summed E-state index contributed by atoms with van der Waals surface area (Å²) in [4.78, 5) is 5.87. The van der Waals surface area contributed by atoms with E-state index in [0.29, 0.717) is 11.0 Å². The third-order valence-corrected chi connectivity index (χ3v) is 5.04. The van der Waals surface area contributed by atoms with Crippen LogP contribution in [0, 0.1) is 0 Å². The van der Waals surface area contributed by atoms with E-state index in [4.69, 9.17) is 18.0 Å². The molecule has 3 nitrogen and oxygen atoms in total. The first-order valence-electron chi connectivity index (χ1n) is 8.05. The van der Waals surface area contributed by atoms with E-state index in [9.17, 15) is 0 Å². The van der Waals surface area contributed by atoms with E-state index in [-0.39, 0.29) is 0 Å². The molecule has 2 saturated heterocycles. The number of nitrogens with zero attached hydrogens (tertiary/aromatic N) is 2. The van der Waals surface area contributed by atoms with E-state index < -0.39 is 0 Å². The fourth-order valence-electron chi connectivity index (χ4n) is 3.78. The van der Waals surface area contributed by atoms with Gasteiger partial charge in [-0.3, -0.25) is 9.80 Å². The van der Waals surface area contributed by atoms with Gasteiger partial charge < -0.3 is 5.73 Å². The second-order valence-corrected chi connectivity index (χ2v) is 6.80. The lowest BCUT2D eigenvalue weighted by Crippen LogP contribution is -2.37. The maximum absolute atomic E-state index is 5.85. The van der Waals surface area contributed by atoms with Crippen LogP contribution in [0.5, 0.6) is 0 Å². The van der Waals surface area contributed by atoms with Crippen molar-refractivity contribution >= 4 is 17.2 Å². The third kappa shape index (κ3) is 3.62. The van der Waals surface area contributed by atoms with Gasteiger partial charge in [0.2, 0.25) is 0 Å². The minimum atomic E-state index is 0.344. The molecule has 2 unspecified atom stereocenters. The Hall–Kier alpha value is -0.970. The third-order valence-electron chi connectivity index (χ3n) is 4.87. The van der Waals surface area contributed by atoms with Gasteiger partial charge >= 0.3 is 0 Å². The molecule has 2 heterocycles. The van der Waals surface area contributed by atoms with Crippen LogP contribution in [0.4, 0.5) is 0 Å². The highest BCUT2D eigenvalue weighted by Gasteiger charge is 2.33. The highest BCUT2D eigenvalue weighted by Crippen LogP contribution is 2.30. The van der Waals surface area contributed by atoms with Gasteiger partial charge in [0.05, 0.1) is 4.99 Å². The molecule has 0 spiro atoms. The average molecular weight is 303 g/mol. The normalized spacial score (nSPS) is 25.2. The Labute approximate surface area is 133 Å². The first kappa shape index (κ1) is 14.9. The monoisotopic (exact) mass is 303 g/mol. The molecule has 2 N–H and O–H groups in total. The standard InChI is InChI=1S/C17H25N3S/c18-17(21)12-16(14-6-2-1-3-7-14)20-11-8-15(13-20)19-9-4-5-10-19/h1-3,6-7,15-16H,4-5,8-13H2,(H2,18,21). The number of likely N-dealkylation sites (tertiary alicyclic amines) is 2. The van der Waals surface area contributed by atoms with Crippen molar-refractivity contribution in [3.63, 3.8) is 0 Å². The summed E-state index contributed by atoms with van der Waals surface area (Å²) in [5, 5.41) is 0. The molecule has 21 heavy (non-hydrogen) atoms. The van der Waals surface area contributed by atoms with Crippen LogP contribution in [0.2, 0.25) is 0 Å². The van der Waals surface area contributed by atoms with Crippen molar-refractivity contribution < 1.29 is 0 Å². The highest BCUT2D eigenvalue weighted by molar-refractivity contribution is 7.80. The number of hydrogen-bond acceptors (Lipinski definition) is 3.